The Morgan fingerprint density at radius 1 is 0.364 bits per heavy atom. The highest BCUT2D eigenvalue weighted by Gasteiger charge is 2.30. The van der Waals surface area contributed by atoms with Gasteiger partial charge in [-0.2, -0.15) is 0 Å². The molecule has 0 heterocycles. The molecule has 0 amide bonds. The summed E-state index contributed by atoms with van der Waals surface area (Å²) in [7, 11) is 0. The minimum atomic E-state index is 0. The first kappa shape index (κ1) is 36.1. The minimum Gasteiger partial charge on any atom is -0.0625 e. The van der Waals surface area contributed by atoms with E-state index in [9.17, 15) is 0 Å². The first-order chi connectivity index (χ1) is 21.1. The van der Waals surface area contributed by atoms with Crippen LogP contribution in [0.3, 0.4) is 0 Å². The van der Waals surface area contributed by atoms with Crippen LogP contribution in [0.4, 0.5) is 0 Å². The molecule has 0 N–H and O–H groups in total. The molecule has 5 saturated carbocycles. The fraction of sp³-hybridized carbons (Fsp3) is 0.864. The predicted octanol–water partition coefficient (Wildman–Crippen LogP) is 15.4. The van der Waals surface area contributed by atoms with Gasteiger partial charge in [-0.1, -0.05) is 111 Å². The Labute approximate surface area is 284 Å². The van der Waals surface area contributed by atoms with Gasteiger partial charge in [-0.25, -0.2) is 0 Å². The largest absolute Gasteiger partial charge is 0.0625 e. The predicted molar refractivity (Wildman–Crippen MR) is 206 cm³/mol. The van der Waals surface area contributed by atoms with Gasteiger partial charge in [-0.15, -0.1) is 0 Å². The highest BCUT2D eigenvalue weighted by molar-refractivity contribution is 5.38. The van der Waals surface area contributed by atoms with Crippen LogP contribution in [0.1, 0.15) is 198 Å². The molecule has 6 rings (SSSR count). The van der Waals surface area contributed by atoms with Crippen molar-refractivity contribution in [2.24, 2.45) is 53.3 Å². The van der Waals surface area contributed by atoms with Gasteiger partial charge in [-0.05, 0) is 166 Å². The Balaban J connectivity index is 0. The SMILES string of the molecule is CC1CCC(C2CCC(C)CC2)CC1.CC1CCC(C2CCC(C)CC2)CC1.Cc1cc(C2CCC(C)CC2)cc(C)c1C.[HH].[HH].[HH].[HH].[HH]. The topological polar surface area (TPSA) is 0 Å². The summed E-state index contributed by atoms with van der Waals surface area (Å²) in [5, 5.41) is 0. The van der Waals surface area contributed by atoms with Crippen LogP contribution in [-0.2, 0) is 0 Å². The highest BCUT2D eigenvalue weighted by Crippen LogP contribution is 2.42. The second kappa shape index (κ2) is 17.9. The third-order valence-electron chi connectivity index (χ3n) is 14.0. The van der Waals surface area contributed by atoms with Gasteiger partial charge in [0.15, 0.2) is 0 Å². The summed E-state index contributed by atoms with van der Waals surface area (Å²) in [6, 6.07) is 4.84. The quantitative estimate of drug-likeness (QED) is 0.318. The summed E-state index contributed by atoms with van der Waals surface area (Å²) in [5.41, 5.74) is 5.99. The number of rotatable bonds is 3. The van der Waals surface area contributed by atoms with E-state index in [-0.39, 0.29) is 7.13 Å². The third-order valence-corrected chi connectivity index (χ3v) is 14.0. The Bertz CT molecular complexity index is 837. The van der Waals surface area contributed by atoms with Crippen molar-refractivity contribution < 1.29 is 7.13 Å². The lowest BCUT2D eigenvalue weighted by Gasteiger charge is -2.36. The first-order valence-corrected chi connectivity index (χ1v) is 20.2. The molecule has 0 unspecified atom stereocenters. The van der Waals surface area contributed by atoms with Crippen LogP contribution in [0, 0.1) is 74.0 Å². The summed E-state index contributed by atoms with van der Waals surface area (Å²) in [6.45, 7) is 18.8. The molecule has 262 valence electrons. The molecule has 5 aliphatic carbocycles. The maximum Gasteiger partial charge on any atom is 0 e. The van der Waals surface area contributed by atoms with Crippen LogP contribution in [-0.4, -0.2) is 0 Å². The van der Waals surface area contributed by atoms with Crippen molar-refractivity contribution in [3.8, 4) is 0 Å². The molecule has 44 heavy (non-hydrogen) atoms. The molecule has 0 bridgehead atoms. The summed E-state index contributed by atoms with van der Waals surface area (Å²) in [4.78, 5) is 0. The lowest BCUT2D eigenvalue weighted by atomic mass is 9.70. The zero-order chi connectivity index (χ0) is 31.6. The summed E-state index contributed by atoms with van der Waals surface area (Å²) in [5.74, 6) is 10.3. The molecule has 1 aromatic carbocycles. The lowest BCUT2D eigenvalue weighted by molar-refractivity contribution is 0.155. The van der Waals surface area contributed by atoms with Crippen molar-refractivity contribution in [3.63, 3.8) is 0 Å². The fourth-order valence-electron chi connectivity index (χ4n) is 9.93. The molecule has 0 nitrogen and oxygen atoms in total. The molecule has 0 atom stereocenters. The maximum absolute atomic E-state index is 2.43. The van der Waals surface area contributed by atoms with Crippen molar-refractivity contribution in [1.29, 1.82) is 0 Å². The van der Waals surface area contributed by atoms with E-state index < -0.39 is 0 Å². The van der Waals surface area contributed by atoms with Crippen LogP contribution < -0.4 is 0 Å². The molecule has 0 radical (unpaired) electrons. The molecule has 0 spiro atoms. The molecule has 0 aliphatic heterocycles. The van der Waals surface area contributed by atoms with Crippen molar-refractivity contribution in [2.75, 3.05) is 0 Å². The smallest absolute Gasteiger partial charge is 0 e. The summed E-state index contributed by atoms with van der Waals surface area (Å²) < 4.78 is 0. The minimum absolute atomic E-state index is 0. The molecule has 0 aromatic heterocycles. The van der Waals surface area contributed by atoms with Gasteiger partial charge in [0.25, 0.3) is 0 Å². The van der Waals surface area contributed by atoms with E-state index in [1.807, 2.05) is 0 Å². The van der Waals surface area contributed by atoms with Crippen molar-refractivity contribution >= 4 is 0 Å². The fourth-order valence-corrected chi connectivity index (χ4v) is 9.93. The second-order valence-electron chi connectivity index (χ2n) is 17.8. The van der Waals surface area contributed by atoms with Crippen molar-refractivity contribution in [3.05, 3.63) is 34.4 Å². The molecule has 1 aromatic rings. The van der Waals surface area contributed by atoms with Crippen LogP contribution in [0.25, 0.3) is 0 Å². The average molecular weight is 615 g/mol. The lowest BCUT2D eigenvalue weighted by Crippen LogP contribution is -2.24. The van der Waals surface area contributed by atoms with Gasteiger partial charge in [0.05, 0.1) is 0 Å². The number of aryl methyl sites for hydroxylation is 2. The molecule has 5 aliphatic rings. The van der Waals surface area contributed by atoms with Crippen LogP contribution >= 0.6 is 0 Å². The monoisotopic (exact) mass is 615 g/mol. The van der Waals surface area contributed by atoms with Crippen LogP contribution in [0.2, 0.25) is 0 Å². The molecule has 0 saturated heterocycles. The molecular formula is C44H86. The summed E-state index contributed by atoms with van der Waals surface area (Å²) in [6.07, 6.45) is 30.0. The van der Waals surface area contributed by atoms with Crippen LogP contribution in [0.15, 0.2) is 12.1 Å². The van der Waals surface area contributed by atoms with E-state index >= 15 is 0 Å². The Kier molecular flexibility index (Phi) is 14.7. The molecule has 0 heteroatoms. The Morgan fingerprint density at radius 2 is 0.591 bits per heavy atom. The zero-order valence-corrected chi connectivity index (χ0v) is 31.1. The van der Waals surface area contributed by atoms with Gasteiger partial charge >= 0.3 is 0 Å². The van der Waals surface area contributed by atoms with Gasteiger partial charge in [0.2, 0.25) is 0 Å². The van der Waals surface area contributed by atoms with Crippen molar-refractivity contribution in [1.82, 2.24) is 0 Å². The van der Waals surface area contributed by atoms with E-state index in [0.717, 1.165) is 59.2 Å². The number of benzene rings is 1. The van der Waals surface area contributed by atoms with Gasteiger partial charge < -0.3 is 0 Å². The first-order valence-electron chi connectivity index (χ1n) is 20.2. The molecule has 5 fully saturated rings. The average Bonchev–Trinajstić information content (AvgIpc) is 3.02. The number of hydrogen-bond acceptors (Lipinski definition) is 0. The maximum atomic E-state index is 2.43. The van der Waals surface area contributed by atoms with E-state index in [1.54, 1.807) is 56.9 Å². The van der Waals surface area contributed by atoms with Crippen LogP contribution in [0.5, 0.6) is 0 Å². The summed E-state index contributed by atoms with van der Waals surface area (Å²) >= 11 is 0. The van der Waals surface area contributed by atoms with Gasteiger partial charge in [-0.3, -0.25) is 0 Å². The van der Waals surface area contributed by atoms with Crippen molar-refractivity contribution in [2.45, 2.75) is 190 Å². The van der Waals surface area contributed by atoms with Gasteiger partial charge in [0.1, 0.15) is 0 Å². The third kappa shape index (κ3) is 11.2. The second-order valence-corrected chi connectivity index (χ2v) is 17.8. The molecular weight excluding hydrogens is 528 g/mol. The number of hydrogen-bond donors (Lipinski definition) is 0. The van der Waals surface area contributed by atoms with Gasteiger partial charge in [0, 0.05) is 7.13 Å². The van der Waals surface area contributed by atoms with E-state index in [0.29, 0.717) is 0 Å². The zero-order valence-electron chi connectivity index (χ0n) is 31.1. The standard InChI is InChI=1S/C16H24.2C14H26.5H2/c1-11-5-7-15(8-6-11)16-9-12(2)14(4)13(3)10-16;2*1-11-3-7-13(8-4-11)14-9-5-12(2)6-10-14;;;;;/h9-11,15H,5-8H2,1-4H3;2*11-14H,3-10H2,1-2H3;5*1H. The Hall–Kier alpha value is -0.780. The van der Waals surface area contributed by atoms with E-state index in [4.69, 9.17) is 0 Å². The normalized spacial score (nSPS) is 38.0. The van der Waals surface area contributed by atoms with E-state index in [2.05, 4.69) is 67.5 Å². The van der Waals surface area contributed by atoms with E-state index in [1.165, 1.54) is 93.7 Å². The highest BCUT2D eigenvalue weighted by atomic mass is 14.4. The Morgan fingerprint density at radius 3 is 0.841 bits per heavy atom.